The number of likely N-dealkylation sites (N-methyl/N-ethyl adjacent to an activating group) is 2. The molecule has 2 rings (SSSR count). The summed E-state index contributed by atoms with van der Waals surface area (Å²) in [7, 11) is 4.53. The number of hydrogen-bond acceptors (Lipinski definition) is 3. The van der Waals surface area contributed by atoms with Gasteiger partial charge in [-0.25, -0.2) is 0 Å². The molecule has 3 nitrogen and oxygen atoms in total. The molecule has 0 aliphatic carbocycles. The van der Waals surface area contributed by atoms with Gasteiger partial charge in [-0.3, -0.25) is 0 Å². The van der Waals surface area contributed by atoms with Gasteiger partial charge >= 0.3 is 0 Å². The Morgan fingerprint density at radius 1 is 1.29 bits per heavy atom. The van der Waals surface area contributed by atoms with Gasteiger partial charge in [0.25, 0.3) is 0 Å². The lowest BCUT2D eigenvalue weighted by Gasteiger charge is -2.35. The third kappa shape index (κ3) is 4.53. The molecule has 1 saturated heterocycles. The van der Waals surface area contributed by atoms with E-state index in [1.54, 1.807) is 0 Å². The van der Waals surface area contributed by atoms with Crippen LogP contribution >= 0.6 is 0 Å². The molecule has 2 atom stereocenters. The quantitative estimate of drug-likeness (QED) is 0.899. The largest absolute Gasteiger partial charge is 0.309 e. The van der Waals surface area contributed by atoms with Gasteiger partial charge in [0.1, 0.15) is 0 Å². The van der Waals surface area contributed by atoms with Gasteiger partial charge in [-0.2, -0.15) is 0 Å². The van der Waals surface area contributed by atoms with Crippen LogP contribution in [-0.2, 0) is 0 Å². The van der Waals surface area contributed by atoms with Gasteiger partial charge in [0, 0.05) is 18.6 Å². The molecule has 3 heteroatoms. The highest BCUT2D eigenvalue weighted by Crippen LogP contribution is 2.24. The van der Waals surface area contributed by atoms with Crippen LogP contribution in [0.25, 0.3) is 0 Å². The minimum atomic E-state index is 0.412. The maximum absolute atomic E-state index is 3.79. The van der Waals surface area contributed by atoms with Crippen LogP contribution in [0.1, 0.15) is 36.9 Å². The van der Waals surface area contributed by atoms with Crippen molar-refractivity contribution in [1.29, 1.82) is 0 Å². The van der Waals surface area contributed by atoms with Crippen LogP contribution in [0.15, 0.2) is 24.3 Å². The third-order valence-corrected chi connectivity index (χ3v) is 4.52. The monoisotopic (exact) mass is 289 g/mol. The Kier molecular flexibility index (Phi) is 6.22. The second-order valence-electron chi connectivity index (χ2n) is 6.51. The summed E-state index contributed by atoms with van der Waals surface area (Å²) in [5.74, 6) is 0. The summed E-state index contributed by atoms with van der Waals surface area (Å²) in [6, 6.07) is 9.93. The smallest absolute Gasteiger partial charge is 0.0490 e. The normalized spacial score (nSPS) is 23.0. The third-order valence-electron chi connectivity index (χ3n) is 4.52. The van der Waals surface area contributed by atoms with E-state index in [9.17, 15) is 0 Å². The Bertz CT molecular complexity index is 432. The van der Waals surface area contributed by atoms with Crippen LogP contribution < -0.4 is 5.32 Å². The van der Waals surface area contributed by atoms with Gasteiger partial charge < -0.3 is 15.1 Å². The fraction of sp³-hybridized carbons (Fsp3) is 0.667. The fourth-order valence-electron chi connectivity index (χ4n) is 3.31. The summed E-state index contributed by atoms with van der Waals surface area (Å²) < 4.78 is 0. The first-order valence-electron chi connectivity index (χ1n) is 8.30. The second-order valence-corrected chi connectivity index (χ2v) is 6.51. The van der Waals surface area contributed by atoms with Gasteiger partial charge in [0.2, 0.25) is 0 Å². The predicted molar refractivity (Wildman–Crippen MR) is 90.7 cm³/mol. The van der Waals surface area contributed by atoms with Crippen LogP contribution in [0.2, 0.25) is 0 Å². The Morgan fingerprint density at radius 3 is 2.81 bits per heavy atom. The highest BCUT2D eigenvalue weighted by atomic mass is 15.2. The zero-order valence-electron chi connectivity index (χ0n) is 14.1. The van der Waals surface area contributed by atoms with Gasteiger partial charge in [-0.05, 0) is 59.1 Å². The lowest BCUT2D eigenvalue weighted by Crippen LogP contribution is -2.47. The maximum atomic E-state index is 3.79. The second kappa shape index (κ2) is 7.92. The summed E-state index contributed by atoms with van der Waals surface area (Å²) >= 11 is 0. The minimum Gasteiger partial charge on any atom is -0.309 e. The molecule has 0 saturated carbocycles. The molecule has 1 heterocycles. The molecule has 1 fully saturated rings. The molecular weight excluding hydrogens is 258 g/mol. The van der Waals surface area contributed by atoms with Crippen LogP contribution in [0.4, 0.5) is 0 Å². The van der Waals surface area contributed by atoms with Crippen molar-refractivity contribution >= 4 is 0 Å². The van der Waals surface area contributed by atoms with Crippen molar-refractivity contribution in [2.45, 2.75) is 38.8 Å². The van der Waals surface area contributed by atoms with Crippen molar-refractivity contribution in [1.82, 2.24) is 15.1 Å². The lowest BCUT2D eigenvalue weighted by molar-refractivity contribution is 0.178. The Morgan fingerprint density at radius 2 is 2.10 bits per heavy atom. The molecule has 0 radical (unpaired) electrons. The van der Waals surface area contributed by atoms with Crippen LogP contribution in [0.5, 0.6) is 0 Å². The molecule has 1 aromatic carbocycles. The number of hydrogen-bond donors (Lipinski definition) is 1. The summed E-state index contributed by atoms with van der Waals surface area (Å²) in [6.07, 6.45) is 2.44. The zero-order valence-corrected chi connectivity index (χ0v) is 14.1. The average molecular weight is 289 g/mol. The highest BCUT2D eigenvalue weighted by Gasteiger charge is 2.29. The topological polar surface area (TPSA) is 18.5 Å². The van der Waals surface area contributed by atoms with Crippen molar-refractivity contribution < 1.29 is 0 Å². The molecule has 1 aromatic rings. The van der Waals surface area contributed by atoms with Crippen molar-refractivity contribution in [2.24, 2.45) is 0 Å². The Hall–Kier alpha value is -0.900. The van der Waals surface area contributed by atoms with E-state index in [-0.39, 0.29) is 0 Å². The minimum absolute atomic E-state index is 0.412. The van der Waals surface area contributed by atoms with Crippen molar-refractivity contribution in [3.05, 3.63) is 35.4 Å². The predicted octanol–water partition coefficient (Wildman–Crippen LogP) is 2.67. The number of benzene rings is 1. The summed E-state index contributed by atoms with van der Waals surface area (Å²) in [6.45, 7) is 9.02. The van der Waals surface area contributed by atoms with E-state index >= 15 is 0 Å². The van der Waals surface area contributed by atoms with Crippen molar-refractivity contribution in [3.8, 4) is 0 Å². The molecular formula is C18H31N3. The van der Waals surface area contributed by atoms with E-state index < -0.39 is 0 Å². The van der Waals surface area contributed by atoms with Crippen LogP contribution in [0.3, 0.4) is 0 Å². The zero-order chi connectivity index (χ0) is 15.2. The van der Waals surface area contributed by atoms with E-state index in [0.29, 0.717) is 12.1 Å². The van der Waals surface area contributed by atoms with Crippen molar-refractivity contribution in [3.63, 3.8) is 0 Å². The lowest BCUT2D eigenvalue weighted by atomic mass is 9.96. The summed E-state index contributed by atoms with van der Waals surface area (Å²) in [4.78, 5) is 5.02. The van der Waals surface area contributed by atoms with E-state index in [4.69, 9.17) is 0 Å². The molecule has 118 valence electrons. The van der Waals surface area contributed by atoms with Gasteiger partial charge in [-0.15, -0.1) is 0 Å². The van der Waals surface area contributed by atoms with Crippen LogP contribution in [-0.4, -0.2) is 56.1 Å². The first-order valence-corrected chi connectivity index (χ1v) is 8.30. The highest BCUT2D eigenvalue weighted by molar-refractivity contribution is 5.26. The molecule has 1 aliphatic rings. The molecule has 21 heavy (non-hydrogen) atoms. The van der Waals surface area contributed by atoms with Crippen LogP contribution in [0, 0.1) is 6.92 Å². The SMILES string of the molecule is CCCNC(c1cccc(C)c1)C1CN(C)CCCN1C. The fourth-order valence-corrected chi connectivity index (χ4v) is 3.31. The number of rotatable bonds is 5. The first-order chi connectivity index (χ1) is 10.1. The number of nitrogens with zero attached hydrogens (tertiary/aromatic N) is 2. The molecule has 0 spiro atoms. The molecule has 0 bridgehead atoms. The molecule has 0 aromatic heterocycles. The van der Waals surface area contributed by atoms with E-state index in [0.717, 1.165) is 13.1 Å². The summed E-state index contributed by atoms with van der Waals surface area (Å²) in [5.41, 5.74) is 2.77. The van der Waals surface area contributed by atoms with Gasteiger partial charge in [0.05, 0.1) is 0 Å². The van der Waals surface area contributed by atoms with E-state index in [1.165, 1.54) is 37.1 Å². The molecule has 2 unspecified atom stereocenters. The summed E-state index contributed by atoms with van der Waals surface area (Å²) in [5, 5.41) is 3.79. The van der Waals surface area contributed by atoms with E-state index in [2.05, 4.69) is 67.3 Å². The van der Waals surface area contributed by atoms with E-state index in [1.807, 2.05) is 0 Å². The first kappa shape index (κ1) is 16.5. The Balaban J connectivity index is 2.24. The number of aryl methyl sites for hydroxylation is 1. The standard InChI is InChI=1S/C18H31N3/c1-5-10-19-18(16-9-6-8-15(2)13-16)17-14-20(3)11-7-12-21(17)4/h6,8-9,13,17-19H,5,7,10-12,14H2,1-4H3. The van der Waals surface area contributed by atoms with Gasteiger partial charge in [0.15, 0.2) is 0 Å². The number of nitrogens with one attached hydrogen (secondary N) is 1. The maximum Gasteiger partial charge on any atom is 0.0490 e. The van der Waals surface area contributed by atoms with Gasteiger partial charge in [-0.1, -0.05) is 36.8 Å². The Labute approximate surface area is 130 Å². The molecule has 1 aliphatic heterocycles. The van der Waals surface area contributed by atoms with Crippen molar-refractivity contribution in [2.75, 3.05) is 40.3 Å². The molecule has 0 amide bonds. The average Bonchev–Trinajstić information content (AvgIpc) is 2.61. The molecule has 1 N–H and O–H groups in total.